The van der Waals surface area contributed by atoms with Crippen LogP contribution in [0.1, 0.15) is 26.3 Å². The van der Waals surface area contributed by atoms with Crippen molar-refractivity contribution in [3.8, 4) is 5.75 Å². The summed E-state index contributed by atoms with van der Waals surface area (Å²) in [5.41, 5.74) is -0.877. The minimum absolute atomic E-state index is 0.205. The molecule has 0 spiro atoms. The molecule has 5 heteroatoms. The van der Waals surface area contributed by atoms with Crippen LogP contribution >= 0.6 is 0 Å². The van der Waals surface area contributed by atoms with E-state index in [1.54, 1.807) is 33.9 Å². The summed E-state index contributed by atoms with van der Waals surface area (Å²) in [6, 6.07) is 3.60. The zero-order valence-corrected chi connectivity index (χ0v) is 10.3. The van der Waals surface area contributed by atoms with Gasteiger partial charge in [0, 0.05) is 18.8 Å². The van der Waals surface area contributed by atoms with Crippen LogP contribution in [0.5, 0.6) is 5.75 Å². The fourth-order valence-corrected chi connectivity index (χ4v) is 1.32. The van der Waals surface area contributed by atoms with Crippen LogP contribution in [0.25, 0.3) is 0 Å². The van der Waals surface area contributed by atoms with Crippen LogP contribution in [-0.2, 0) is 6.18 Å². The number of hydrogen-bond donors (Lipinski definition) is 1. The average Bonchev–Trinajstić information content (AvgIpc) is 2.13. The smallest absolute Gasteiger partial charge is 0.416 e. The van der Waals surface area contributed by atoms with Crippen molar-refractivity contribution in [1.82, 2.24) is 0 Å². The number of rotatable bonds is 2. The molecule has 0 aromatic heterocycles. The standard InChI is InChI=1S/C12H16F3NO/c1-11(2,3)17-10-6-8(12(13,14)15)5-9(7-10)16-4/h5-7,16H,1-4H3. The number of anilines is 1. The summed E-state index contributed by atoms with van der Waals surface area (Å²) in [7, 11) is 1.57. The molecule has 0 amide bonds. The van der Waals surface area contributed by atoms with Crippen molar-refractivity contribution in [3.05, 3.63) is 23.8 Å². The minimum Gasteiger partial charge on any atom is -0.488 e. The second-order valence-electron chi connectivity index (χ2n) is 4.71. The Morgan fingerprint density at radius 2 is 1.65 bits per heavy atom. The molecule has 0 unspecified atom stereocenters. The third-order valence-electron chi connectivity index (χ3n) is 1.95. The zero-order chi connectivity index (χ0) is 13.3. The number of hydrogen-bond acceptors (Lipinski definition) is 2. The Morgan fingerprint density at radius 1 is 1.06 bits per heavy atom. The summed E-state index contributed by atoms with van der Waals surface area (Å²) in [6.45, 7) is 5.35. The highest BCUT2D eigenvalue weighted by atomic mass is 19.4. The molecule has 96 valence electrons. The van der Waals surface area contributed by atoms with E-state index in [0.29, 0.717) is 5.69 Å². The number of halogens is 3. The summed E-state index contributed by atoms with van der Waals surface area (Å²) < 4.78 is 43.3. The van der Waals surface area contributed by atoms with E-state index in [9.17, 15) is 13.2 Å². The number of benzene rings is 1. The predicted octanol–water partition coefficient (Wildman–Crippen LogP) is 3.92. The third-order valence-corrected chi connectivity index (χ3v) is 1.95. The lowest BCUT2D eigenvalue weighted by atomic mass is 10.1. The lowest BCUT2D eigenvalue weighted by Crippen LogP contribution is -2.23. The number of alkyl halides is 3. The summed E-state index contributed by atoms with van der Waals surface area (Å²) in [5.74, 6) is 0.205. The fourth-order valence-electron chi connectivity index (χ4n) is 1.32. The van der Waals surface area contributed by atoms with Gasteiger partial charge in [-0.2, -0.15) is 13.2 Å². The fraction of sp³-hybridized carbons (Fsp3) is 0.500. The first-order valence-corrected chi connectivity index (χ1v) is 5.21. The van der Waals surface area contributed by atoms with Crippen molar-refractivity contribution < 1.29 is 17.9 Å². The Morgan fingerprint density at radius 3 is 2.06 bits per heavy atom. The first-order valence-electron chi connectivity index (χ1n) is 5.21. The topological polar surface area (TPSA) is 21.3 Å². The predicted molar refractivity (Wildman–Crippen MR) is 61.4 cm³/mol. The third kappa shape index (κ3) is 4.17. The Hall–Kier alpha value is -1.39. The molecule has 0 fully saturated rings. The maximum Gasteiger partial charge on any atom is 0.416 e. The summed E-state index contributed by atoms with van der Waals surface area (Å²) in [4.78, 5) is 0. The molecule has 1 N–H and O–H groups in total. The van der Waals surface area contributed by atoms with Crippen molar-refractivity contribution in [2.45, 2.75) is 32.5 Å². The SMILES string of the molecule is CNc1cc(OC(C)(C)C)cc(C(F)(F)F)c1. The van der Waals surface area contributed by atoms with Gasteiger partial charge in [0.05, 0.1) is 5.56 Å². The normalized spacial score (nSPS) is 12.4. The van der Waals surface area contributed by atoms with Gasteiger partial charge >= 0.3 is 6.18 Å². The molecule has 0 saturated heterocycles. The Labute approximate surface area is 98.8 Å². The van der Waals surface area contributed by atoms with Gasteiger partial charge in [0.1, 0.15) is 11.4 Å². The van der Waals surface area contributed by atoms with Crippen molar-refractivity contribution in [3.63, 3.8) is 0 Å². The van der Waals surface area contributed by atoms with Crippen LogP contribution in [0.4, 0.5) is 18.9 Å². The van der Waals surface area contributed by atoms with Gasteiger partial charge < -0.3 is 10.1 Å². The van der Waals surface area contributed by atoms with Gasteiger partial charge in [0.15, 0.2) is 0 Å². The number of ether oxygens (including phenoxy) is 1. The van der Waals surface area contributed by atoms with Gasteiger partial charge in [-0.1, -0.05) is 0 Å². The van der Waals surface area contributed by atoms with Crippen LogP contribution in [0.2, 0.25) is 0 Å². The quantitative estimate of drug-likeness (QED) is 0.855. The highest BCUT2D eigenvalue weighted by molar-refractivity contribution is 5.51. The molecule has 0 aliphatic rings. The van der Waals surface area contributed by atoms with Gasteiger partial charge in [-0.3, -0.25) is 0 Å². The zero-order valence-electron chi connectivity index (χ0n) is 10.3. The van der Waals surface area contributed by atoms with E-state index in [-0.39, 0.29) is 5.75 Å². The molecule has 0 bridgehead atoms. The molecule has 17 heavy (non-hydrogen) atoms. The van der Waals surface area contributed by atoms with E-state index in [2.05, 4.69) is 5.32 Å². The van der Waals surface area contributed by atoms with Crippen molar-refractivity contribution in [2.24, 2.45) is 0 Å². The molecule has 0 atom stereocenters. The first kappa shape index (κ1) is 13.7. The largest absolute Gasteiger partial charge is 0.488 e. The molecular weight excluding hydrogens is 231 g/mol. The Bertz CT molecular complexity index is 394. The molecule has 0 aliphatic heterocycles. The van der Waals surface area contributed by atoms with E-state index in [1.165, 1.54) is 0 Å². The molecule has 1 aromatic carbocycles. The summed E-state index contributed by atoms with van der Waals surface area (Å²) in [5, 5.41) is 2.69. The van der Waals surface area contributed by atoms with Gasteiger partial charge in [-0.15, -0.1) is 0 Å². The molecule has 2 nitrogen and oxygen atoms in total. The lowest BCUT2D eigenvalue weighted by Gasteiger charge is -2.22. The van der Waals surface area contributed by atoms with Crippen molar-refractivity contribution in [2.75, 3.05) is 12.4 Å². The van der Waals surface area contributed by atoms with Crippen LogP contribution in [-0.4, -0.2) is 12.6 Å². The highest BCUT2D eigenvalue weighted by Gasteiger charge is 2.31. The molecule has 0 radical (unpaired) electrons. The van der Waals surface area contributed by atoms with Crippen molar-refractivity contribution >= 4 is 5.69 Å². The van der Waals surface area contributed by atoms with E-state index in [0.717, 1.165) is 12.1 Å². The molecule has 0 aliphatic carbocycles. The van der Waals surface area contributed by atoms with Crippen LogP contribution in [0.15, 0.2) is 18.2 Å². The second-order valence-corrected chi connectivity index (χ2v) is 4.71. The lowest BCUT2D eigenvalue weighted by molar-refractivity contribution is -0.137. The van der Waals surface area contributed by atoms with Crippen LogP contribution in [0, 0.1) is 0 Å². The average molecular weight is 247 g/mol. The van der Waals surface area contributed by atoms with E-state index in [4.69, 9.17) is 4.74 Å². The maximum atomic E-state index is 12.6. The van der Waals surface area contributed by atoms with E-state index >= 15 is 0 Å². The summed E-state index contributed by atoms with van der Waals surface area (Å²) >= 11 is 0. The molecule has 0 heterocycles. The molecule has 1 aromatic rings. The minimum atomic E-state index is -4.37. The van der Waals surface area contributed by atoms with Crippen molar-refractivity contribution in [1.29, 1.82) is 0 Å². The van der Waals surface area contributed by atoms with Gasteiger partial charge in [0.25, 0.3) is 0 Å². The summed E-state index contributed by atoms with van der Waals surface area (Å²) in [6.07, 6.45) is -4.37. The van der Waals surface area contributed by atoms with E-state index in [1.807, 2.05) is 0 Å². The molecular formula is C12H16F3NO. The Kier molecular flexibility index (Phi) is 3.59. The number of nitrogens with one attached hydrogen (secondary N) is 1. The second kappa shape index (κ2) is 4.47. The first-order chi connectivity index (χ1) is 7.62. The van der Waals surface area contributed by atoms with Gasteiger partial charge in [-0.05, 0) is 32.9 Å². The highest BCUT2D eigenvalue weighted by Crippen LogP contribution is 2.34. The molecule has 0 saturated carbocycles. The van der Waals surface area contributed by atoms with Crippen LogP contribution < -0.4 is 10.1 Å². The maximum absolute atomic E-state index is 12.6. The molecule has 1 rings (SSSR count). The van der Waals surface area contributed by atoms with E-state index < -0.39 is 17.3 Å². The monoisotopic (exact) mass is 247 g/mol. The van der Waals surface area contributed by atoms with Gasteiger partial charge in [-0.25, -0.2) is 0 Å². The Balaban J connectivity index is 3.15. The van der Waals surface area contributed by atoms with Gasteiger partial charge in [0.2, 0.25) is 0 Å². The van der Waals surface area contributed by atoms with Crippen LogP contribution in [0.3, 0.4) is 0 Å².